The summed E-state index contributed by atoms with van der Waals surface area (Å²) in [5.41, 5.74) is 2.33. The fourth-order valence-corrected chi connectivity index (χ4v) is 3.78. The molecular formula is C23H29ClN2O2. The van der Waals surface area contributed by atoms with Crippen LogP contribution in [0.3, 0.4) is 0 Å². The number of amides is 1. The van der Waals surface area contributed by atoms with Gasteiger partial charge in [0.15, 0.2) is 6.10 Å². The van der Waals surface area contributed by atoms with Crippen molar-refractivity contribution in [2.75, 3.05) is 18.0 Å². The third kappa shape index (κ3) is 5.20. The number of benzene rings is 2. The number of nitrogens with zero attached hydrogens (tertiary/aromatic N) is 1. The topological polar surface area (TPSA) is 41.6 Å². The lowest BCUT2D eigenvalue weighted by Crippen LogP contribution is -2.37. The van der Waals surface area contributed by atoms with E-state index in [9.17, 15) is 4.79 Å². The maximum Gasteiger partial charge on any atom is 0.261 e. The number of ether oxygens (including phenoxy) is 1. The number of carbonyl (C=O) groups excluding carboxylic acids is 1. The summed E-state index contributed by atoms with van der Waals surface area (Å²) < 4.78 is 5.70. The molecule has 150 valence electrons. The highest BCUT2D eigenvalue weighted by atomic mass is 35.5. The van der Waals surface area contributed by atoms with Crippen LogP contribution in [0.25, 0.3) is 0 Å². The molecule has 1 heterocycles. The summed E-state index contributed by atoms with van der Waals surface area (Å²) in [5.74, 6) is 1.09. The lowest BCUT2D eigenvalue weighted by molar-refractivity contribution is -0.127. The number of piperidine rings is 1. The van der Waals surface area contributed by atoms with Crippen LogP contribution in [0.5, 0.6) is 5.75 Å². The van der Waals surface area contributed by atoms with Gasteiger partial charge >= 0.3 is 0 Å². The third-order valence-corrected chi connectivity index (χ3v) is 5.60. The van der Waals surface area contributed by atoms with Crippen LogP contribution in [0, 0.1) is 5.92 Å². The summed E-state index contributed by atoms with van der Waals surface area (Å²) in [6, 6.07) is 15.6. The van der Waals surface area contributed by atoms with Crippen LogP contribution < -0.4 is 15.0 Å². The van der Waals surface area contributed by atoms with Gasteiger partial charge < -0.3 is 15.0 Å². The molecule has 1 N–H and O–H groups in total. The molecular weight excluding hydrogens is 372 g/mol. The predicted octanol–water partition coefficient (Wildman–Crippen LogP) is 5.22. The highest BCUT2D eigenvalue weighted by Gasteiger charge is 2.20. The van der Waals surface area contributed by atoms with Crippen LogP contribution in [0.2, 0.25) is 5.02 Å². The van der Waals surface area contributed by atoms with Crippen LogP contribution in [-0.2, 0) is 4.79 Å². The van der Waals surface area contributed by atoms with Gasteiger partial charge in [0.05, 0.1) is 11.1 Å². The first-order chi connectivity index (χ1) is 13.4. The molecule has 2 aromatic carbocycles. The lowest BCUT2D eigenvalue weighted by atomic mass is 9.99. The first kappa shape index (κ1) is 20.5. The molecule has 3 unspecified atom stereocenters. The molecule has 2 aromatic rings. The van der Waals surface area contributed by atoms with Crippen molar-refractivity contribution in [1.82, 2.24) is 5.32 Å². The Hall–Kier alpha value is -2.20. The van der Waals surface area contributed by atoms with E-state index in [0.29, 0.717) is 10.8 Å². The zero-order chi connectivity index (χ0) is 20.1. The maximum atomic E-state index is 12.5. The quantitative estimate of drug-likeness (QED) is 0.722. The lowest BCUT2D eigenvalue weighted by Gasteiger charge is -2.33. The van der Waals surface area contributed by atoms with E-state index in [0.717, 1.165) is 24.6 Å². The second kappa shape index (κ2) is 9.33. The maximum absolute atomic E-state index is 12.5. The molecule has 1 aliphatic heterocycles. The van der Waals surface area contributed by atoms with Gasteiger partial charge in [0.1, 0.15) is 5.75 Å². The minimum atomic E-state index is -0.628. The van der Waals surface area contributed by atoms with Crippen LogP contribution in [0.1, 0.15) is 45.2 Å². The van der Waals surface area contributed by atoms with Crippen LogP contribution in [0.4, 0.5) is 5.69 Å². The Bertz CT molecular complexity index is 793. The van der Waals surface area contributed by atoms with Crippen molar-refractivity contribution in [3.63, 3.8) is 0 Å². The van der Waals surface area contributed by atoms with Gasteiger partial charge in [-0.15, -0.1) is 0 Å². The molecule has 0 saturated carbocycles. The van der Waals surface area contributed by atoms with Crippen molar-refractivity contribution in [3.8, 4) is 5.75 Å². The fourth-order valence-electron chi connectivity index (χ4n) is 3.60. The zero-order valence-electron chi connectivity index (χ0n) is 16.8. The SMILES string of the molecule is CC1CCCN(c2ccc(C(C)NC(=O)C(C)Oc3ccccc3Cl)cc2)C1. The number of anilines is 1. The van der Waals surface area contributed by atoms with Gasteiger partial charge in [0.25, 0.3) is 5.91 Å². The van der Waals surface area contributed by atoms with E-state index in [1.165, 1.54) is 18.5 Å². The molecule has 1 fully saturated rings. The Morgan fingerprint density at radius 1 is 1.18 bits per heavy atom. The van der Waals surface area contributed by atoms with Gasteiger partial charge in [0, 0.05) is 18.8 Å². The van der Waals surface area contributed by atoms with Gasteiger partial charge in [0.2, 0.25) is 0 Å². The Morgan fingerprint density at radius 2 is 1.89 bits per heavy atom. The summed E-state index contributed by atoms with van der Waals surface area (Å²) in [4.78, 5) is 15.0. The Morgan fingerprint density at radius 3 is 2.57 bits per heavy atom. The molecule has 0 aliphatic carbocycles. The molecule has 1 saturated heterocycles. The molecule has 1 aliphatic rings. The van der Waals surface area contributed by atoms with Crippen molar-refractivity contribution < 1.29 is 9.53 Å². The number of halogens is 1. The minimum absolute atomic E-state index is 0.0980. The van der Waals surface area contributed by atoms with Gasteiger partial charge in [-0.1, -0.05) is 42.8 Å². The van der Waals surface area contributed by atoms with E-state index in [1.54, 1.807) is 19.1 Å². The van der Waals surface area contributed by atoms with Crippen molar-refractivity contribution in [2.45, 2.75) is 45.8 Å². The van der Waals surface area contributed by atoms with E-state index in [2.05, 4.69) is 41.4 Å². The zero-order valence-corrected chi connectivity index (χ0v) is 17.6. The van der Waals surface area contributed by atoms with Gasteiger partial charge in [-0.3, -0.25) is 4.79 Å². The summed E-state index contributed by atoms with van der Waals surface area (Å²) >= 11 is 6.10. The monoisotopic (exact) mass is 400 g/mol. The molecule has 0 spiro atoms. The highest BCUT2D eigenvalue weighted by Crippen LogP contribution is 2.26. The van der Waals surface area contributed by atoms with Gasteiger partial charge in [-0.05, 0) is 62.4 Å². The summed E-state index contributed by atoms with van der Waals surface area (Å²) in [6.07, 6.45) is 1.93. The van der Waals surface area contributed by atoms with Crippen LogP contribution in [-0.4, -0.2) is 25.1 Å². The fraction of sp³-hybridized carbons (Fsp3) is 0.435. The number of hydrogen-bond acceptors (Lipinski definition) is 3. The van der Waals surface area contributed by atoms with Gasteiger partial charge in [-0.2, -0.15) is 0 Å². The third-order valence-electron chi connectivity index (χ3n) is 5.28. The normalized spacial score (nSPS) is 19.0. The number of rotatable bonds is 6. The molecule has 3 atom stereocenters. The van der Waals surface area contributed by atoms with E-state index in [4.69, 9.17) is 16.3 Å². The van der Waals surface area contributed by atoms with Crippen molar-refractivity contribution in [2.24, 2.45) is 5.92 Å². The average Bonchev–Trinajstić information content (AvgIpc) is 2.69. The number of carbonyl (C=O) groups is 1. The molecule has 28 heavy (non-hydrogen) atoms. The molecule has 0 bridgehead atoms. The van der Waals surface area contributed by atoms with Crippen molar-refractivity contribution in [1.29, 1.82) is 0 Å². The largest absolute Gasteiger partial charge is 0.479 e. The van der Waals surface area contributed by atoms with Crippen molar-refractivity contribution >= 4 is 23.2 Å². The Balaban J connectivity index is 1.57. The summed E-state index contributed by atoms with van der Waals surface area (Å²) in [6.45, 7) is 8.25. The molecule has 5 heteroatoms. The second-order valence-corrected chi connectivity index (χ2v) is 8.11. The highest BCUT2D eigenvalue weighted by molar-refractivity contribution is 6.32. The Labute approximate surface area is 172 Å². The number of nitrogens with one attached hydrogen (secondary N) is 1. The average molecular weight is 401 g/mol. The first-order valence-electron chi connectivity index (χ1n) is 10.0. The van der Waals surface area contributed by atoms with Crippen LogP contribution in [0.15, 0.2) is 48.5 Å². The van der Waals surface area contributed by atoms with E-state index in [1.807, 2.05) is 19.1 Å². The molecule has 1 amide bonds. The second-order valence-electron chi connectivity index (χ2n) is 7.71. The smallest absolute Gasteiger partial charge is 0.261 e. The molecule has 0 aromatic heterocycles. The van der Waals surface area contributed by atoms with E-state index < -0.39 is 6.10 Å². The summed E-state index contributed by atoms with van der Waals surface area (Å²) in [5, 5.41) is 3.52. The Kier molecular flexibility index (Phi) is 6.84. The first-order valence-corrected chi connectivity index (χ1v) is 10.4. The molecule has 3 rings (SSSR count). The number of hydrogen-bond donors (Lipinski definition) is 1. The van der Waals surface area contributed by atoms with E-state index >= 15 is 0 Å². The standard InChI is InChI=1S/C23H29ClN2O2/c1-16-7-6-14-26(15-16)20-12-10-19(11-13-20)17(2)25-23(27)18(3)28-22-9-5-4-8-21(22)24/h4-5,8-13,16-18H,6-7,14-15H2,1-3H3,(H,25,27). The van der Waals surface area contributed by atoms with Gasteiger partial charge in [-0.25, -0.2) is 0 Å². The van der Waals surface area contributed by atoms with Crippen molar-refractivity contribution in [3.05, 3.63) is 59.1 Å². The number of para-hydroxylation sites is 1. The molecule has 0 radical (unpaired) electrons. The van der Waals surface area contributed by atoms with E-state index in [-0.39, 0.29) is 11.9 Å². The predicted molar refractivity (Wildman–Crippen MR) is 115 cm³/mol. The molecule has 4 nitrogen and oxygen atoms in total. The summed E-state index contributed by atoms with van der Waals surface area (Å²) in [7, 11) is 0. The minimum Gasteiger partial charge on any atom is -0.479 e. The van der Waals surface area contributed by atoms with Crippen LogP contribution >= 0.6 is 11.6 Å².